The van der Waals surface area contributed by atoms with Gasteiger partial charge in [-0.3, -0.25) is 0 Å². The summed E-state index contributed by atoms with van der Waals surface area (Å²) >= 11 is 0. The van der Waals surface area contributed by atoms with Gasteiger partial charge in [-0.2, -0.15) is 0 Å². The van der Waals surface area contributed by atoms with E-state index in [9.17, 15) is 0 Å². The standard InChI is InChI=1S/C9H19NO/c1-4-11-8-5-6-10-7-9(8,2)3/h8,10H,4-7H2,1-3H3. The number of ether oxygens (including phenoxy) is 1. The molecule has 66 valence electrons. The van der Waals surface area contributed by atoms with Gasteiger partial charge in [0.15, 0.2) is 0 Å². The fourth-order valence-electron chi connectivity index (χ4n) is 1.66. The Bertz CT molecular complexity index is 121. The van der Waals surface area contributed by atoms with Crippen molar-refractivity contribution in [2.24, 2.45) is 5.41 Å². The second kappa shape index (κ2) is 3.55. The molecule has 1 atom stereocenters. The molecule has 1 aliphatic heterocycles. The lowest BCUT2D eigenvalue weighted by atomic mass is 9.82. The number of rotatable bonds is 2. The van der Waals surface area contributed by atoms with Crippen molar-refractivity contribution in [1.82, 2.24) is 5.32 Å². The van der Waals surface area contributed by atoms with Crippen LogP contribution in [0.25, 0.3) is 0 Å². The van der Waals surface area contributed by atoms with Gasteiger partial charge in [0.2, 0.25) is 0 Å². The predicted octanol–water partition coefficient (Wildman–Crippen LogP) is 1.41. The molecule has 2 nitrogen and oxygen atoms in total. The van der Waals surface area contributed by atoms with Crippen LogP contribution in [0.5, 0.6) is 0 Å². The Hall–Kier alpha value is -0.0800. The molecule has 1 N–H and O–H groups in total. The Morgan fingerprint density at radius 2 is 2.27 bits per heavy atom. The van der Waals surface area contributed by atoms with E-state index < -0.39 is 0 Å². The number of hydrogen-bond acceptors (Lipinski definition) is 2. The SMILES string of the molecule is CCOC1CCNCC1(C)C. The number of nitrogens with one attached hydrogen (secondary N) is 1. The Morgan fingerprint density at radius 1 is 1.55 bits per heavy atom. The van der Waals surface area contributed by atoms with Crippen molar-refractivity contribution in [2.75, 3.05) is 19.7 Å². The Kier molecular flexibility index (Phi) is 2.90. The van der Waals surface area contributed by atoms with Gasteiger partial charge in [-0.1, -0.05) is 13.8 Å². The third-order valence-electron chi connectivity index (χ3n) is 2.40. The van der Waals surface area contributed by atoms with E-state index in [1.807, 2.05) is 0 Å². The lowest BCUT2D eigenvalue weighted by Crippen LogP contribution is -2.47. The lowest BCUT2D eigenvalue weighted by molar-refractivity contribution is -0.0372. The third kappa shape index (κ3) is 2.17. The maximum atomic E-state index is 5.66. The van der Waals surface area contributed by atoms with Crippen LogP contribution in [0, 0.1) is 5.41 Å². The van der Waals surface area contributed by atoms with E-state index in [0.717, 1.165) is 26.1 Å². The molecule has 11 heavy (non-hydrogen) atoms. The van der Waals surface area contributed by atoms with Crippen LogP contribution in [0.3, 0.4) is 0 Å². The van der Waals surface area contributed by atoms with Crippen molar-refractivity contribution in [3.63, 3.8) is 0 Å². The molecule has 0 aromatic rings. The summed E-state index contributed by atoms with van der Waals surface area (Å²) in [5.74, 6) is 0. The molecular weight excluding hydrogens is 138 g/mol. The molecule has 0 aromatic heterocycles. The second-order valence-corrected chi connectivity index (χ2v) is 3.90. The summed E-state index contributed by atoms with van der Waals surface area (Å²) in [6.45, 7) is 9.62. The molecular formula is C9H19NO. The molecule has 0 spiro atoms. The molecule has 1 saturated heterocycles. The molecule has 1 heterocycles. The van der Waals surface area contributed by atoms with Crippen molar-refractivity contribution in [3.05, 3.63) is 0 Å². The first-order chi connectivity index (χ1) is 5.17. The smallest absolute Gasteiger partial charge is 0.0650 e. The minimum absolute atomic E-state index is 0.314. The molecule has 0 radical (unpaired) electrons. The highest BCUT2D eigenvalue weighted by Gasteiger charge is 2.32. The van der Waals surface area contributed by atoms with E-state index >= 15 is 0 Å². The lowest BCUT2D eigenvalue weighted by Gasteiger charge is -2.38. The summed E-state index contributed by atoms with van der Waals surface area (Å²) in [4.78, 5) is 0. The Balaban J connectivity index is 2.45. The average Bonchev–Trinajstić information content (AvgIpc) is 1.94. The van der Waals surface area contributed by atoms with Crippen molar-refractivity contribution < 1.29 is 4.74 Å². The minimum Gasteiger partial charge on any atom is -0.378 e. The van der Waals surface area contributed by atoms with Crippen molar-refractivity contribution in [3.8, 4) is 0 Å². The van der Waals surface area contributed by atoms with Gasteiger partial charge >= 0.3 is 0 Å². The third-order valence-corrected chi connectivity index (χ3v) is 2.40. The zero-order valence-electron chi connectivity index (χ0n) is 7.81. The van der Waals surface area contributed by atoms with E-state index in [-0.39, 0.29) is 0 Å². The van der Waals surface area contributed by atoms with Crippen molar-refractivity contribution in [1.29, 1.82) is 0 Å². The predicted molar refractivity (Wildman–Crippen MR) is 46.7 cm³/mol. The van der Waals surface area contributed by atoms with Gasteiger partial charge in [0.25, 0.3) is 0 Å². The van der Waals surface area contributed by atoms with E-state index in [0.29, 0.717) is 11.5 Å². The zero-order chi connectivity index (χ0) is 8.32. The van der Waals surface area contributed by atoms with Crippen LogP contribution in [0.15, 0.2) is 0 Å². The molecule has 0 saturated carbocycles. The highest BCUT2D eigenvalue weighted by Crippen LogP contribution is 2.27. The van der Waals surface area contributed by atoms with Crippen LogP contribution in [-0.2, 0) is 4.74 Å². The average molecular weight is 157 g/mol. The second-order valence-electron chi connectivity index (χ2n) is 3.90. The summed E-state index contributed by atoms with van der Waals surface area (Å²) < 4.78 is 5.66. The maximum Gasteiger partial charge on any atom is 0.0650 e. The van der Waals surface area contributed by atoms with Gasteiger partial charge in [0.1, 0.15) is 0 Å². The molecule has 1 rings (SSSR count). The normalized spacial score (nSPS) is 30.3. The van der Waals surface area contributed by atoms with Gasteiger partial charge in [-0.15, -0.1) is 0 Å². The van der Waals surface area contributed by atoms with Crippen LogP contribution >= 0.6 is 0 Å². The van der Waals surface area contributed by atoms with Crippen LogP contribution in [0.2, 0.25) is 0 Å². The van der Waals surface area contributed by atoms with Gasteiger partial charge in [0, 0.05) is 18.6 Å². The molecule has 0 aromatic carbocycles. The summed E-state index contributed by atoms with van der Waals surface area (Å²) in [6.07, 6.45) is 1.61. The molecule has 0 aliphatic carbocycles. The van der Waals surface area contributed by atoms with Gasteiger partial charge in [-0.25, -0.2) is 0 Å². The van der Waals surface area contributed by atoms with Crippen LogP contribution in [-0.4, -0.2) is 25.8 Å². The van der Waals surface area contributed by atoms with Crippen LogP contribution in [0.1, 0.15) is 27.2 Å². The molecule has 1 unspecified atom stereocenters. The highest BCUT2D eigenvalue weighted by atomic mass is 16.5. The van der Waals surface area contributed by atoms with E-state index in [1.54, 1.807) is 0 Å². The zero-order valence-corrected chi connectivity index (χ0v) is 7.81. The van der Waals surface area contributed by atoms with E-state index in [1.165, 1.54) is 0 Å². The summed E-state index contributed by atoms with van der Waals surface area (Å²) in [6, 6.07) is 0. The van der Waals surface area contributed by atoms with Crippen molar-refractivity contribution in [2.45, 2.75) is 33.3 Å². The molecule has 2 heteroatoms. The van der Waals surface area contributed by atoms with Crippen LogP contribution < -0.4 is 5.32 Å². The Morgan fingerprint density at radius 3 is 2.82 bits per heavy atom. The largest absolute Gasteiger partial charge is 0.378 e. The molecule has 0 amide bonds. The fraction of sp³-hybridized carbons (Fsp3) is 1.00. The first-order valence-electron chi connectivity index (χ1n) is 4.49. The number of piperidine rings is 1. The highest BCUT2D eigenvalue weighted by molar-refractivity contribution is 4.85. The first kappa shape index (κ1) is 9.01. The van der Waals surface area contributed by atoms with Gasteiger partial charge < -0.3 is 10.1 Å². The van der Waals surface area contributed by atoms with Crippen molar-refractivity contribution >= 4 is 0 Å². The number of hydrogen-bond donors (Lipinski definition) is 1. The van der Waals surface area contributed by atoms with Crippen LogP contribution in [0.4, 0.5) is 0 Å². The first-order valence-corrected chi connectivity index (χ1v) is 4.49. The Labute approximate surface area is 69.3 Å². The summed E-state index contributed by atoms with van der Waals surface area (Å²) in [5, 5.41) is 3.38. The summed E-state index contributed by atoms with van der Waals surface area (Å²) in [5.41, 5.74) is 0.314. The molecule has 1 fully saturated rings. The molecule has 1 aliphatic rings. The monoisotopic (exact) mass is 157 g/mol. The minimum atomic E-state index is 0.314. The van der Waals surface area contributed by atoms with Gasteiger partial charge in [-0.05, 0) is 19.9 Å². The van der Waals surface area contributed by atoms with E-state index in [2.05, 4.69) is 26.1 Å². The fourth-order valence-corrected chi connectivity index (χ4v) is 1.66. The van der Waals surface area contributed by atoms with E-state index in [4.69, 9.17) is 4.74 Å². The topological polar surface area (TPSA) is 21.3 Å². The summed E-state index contributed by atoms with van der Waals surface area (Å²) in [7, 11) is 0. The maximum absolute atomic E-state index is 5.66. The quantitative estimate of drug-likeness (QED) is 0.654. The molecule has 0 bridgehead atoms. The van der Waals surface area contributed by atoms with Gasteiger partial charge in [0.05, 0.1) is 6.10 Å².